The van der Waals surface area contributed by atoms with Gasteiger partial charge in [-0.1, -0.05) is 0 Å². The molecule has 0 saturated carbocycles. The van der Waals surface area contributed by atoms with Gasteiger partial charge in [0.1, 0.15) is 0 Å². The molecule has 3 atom stereocenters. The summed E-state index contributed by atoms with van der Waals surface area (Å²) in [5.74, 6) is 0.0292. The Kier molecular flexibility index (Phi) is 2.96. The topological polar surface area (TPSA) is 130 Å². The summed E-state index contributed by atoms with van der Waals surface area (Å²) in [6.07, 6.45) is 1.39. The van der Waals surface area contributed by atoms with E-state index in [0.717, 1.165) is 0 Å². The highest BCUT2D eigenvalue weighted by molar-refractivity contribution is 8.00. The summed E-state index contributed by atoms with van der Waals surface area (Å²) >= 11 is 1.43. The third-order valence-corrected chi connectivity index (χ3v) is 4.69. The highest BCUT2D eigenvalue weighted by Gasteiger charge is 2.35. The Balaban J connectivity index is 2.05. The lowest BCUT2D eigenvalue weighted by molar-refractivity contribution is 0.138. The fourth-order valence-corrected chi connectivity index (χ4v) is 3.58. The van der Waals surface area contributed by atoms with Crippen molar-refractivity contribution in [1.82, 2.24) is 19.5 Å². The number of aromatic amines is 1. The van der Waals surface area contributed by atoms with Gasteiger partial charge in [0, 0.05) is 6.42 Å². The van der Waals surface area contributed by atoms with E-state index in [0.29, 0.717) is 12.1 Å². The Morgan fingerprint density at radius 1 is 1.63 bits per heavy atom. The molecular weight excluding hydrogens is 270 g/mol. The molecule has 3 heterocycles. The van der Waals surface area contributed by atoms with Crippen LogP contribution < -0.4 is 11.3 Å². The number of nitrogens with two attached hydrogens (primary N) is 1. The van der Waals surface area contributed by atoms with Crippen molar-refractivity contribution in [2.75, 3.05) is 12.3 Å². The number of H-pyrrole nitrogens is 1. The largest absolute Gasteiger partial charge is 0.395 e. The second-order valence-corrected chi connectivity index (χ2v) is 5.81. The zero-order chi connectivity index (χ0) is 13.6. The van der Waals surface area contributed by atoms with Gasteiger partial charge in [0.25, 0.3) is 5.56 Å². The molecule has 0 aromatic carbocycles. The fourth-order valence-electron chi connectivity index (χ4n) is 2.20. The van der Waals surface area contributed by atoms with E-state index in [1.165, 1.54) is 18.1 Å². The summed E-state index contributed by atoms with van der Waals surface area (Å²) in [7, 11) is 0. The first-order chi connectivity index (χ1) is 9.10. The van der Waals surface area contributed by atoms with E-state index in [-0.39, 0.29) is 34.3 Å². The Bertz CT molecular complexity index is 669. The molecule has 0 radical (unpaired) electrons. The molecule has 0 spiro atoms. The number of aromatic nitrogens is 4. The molecular formula is C10H13N5O3S. The minimum Gasteiger partial charge on any atom is -0.395 e. The van der Waals surface area contributed by atoms with Crippen LogP contribution in [0.4, 0.5) is 5.95 Å². The van der Waals surface area contributed by atoms with Crippen molar-refractivity contribution in [2.24, 2.45) is 0 Å². The molecule has 9 heteroatoms. The molecule has 0 bridgehead atoms. The number of nitrogen functional groups attached to an aromatic ring is 1. The van der Waals surface area contributed by atoms with Gasteiger partial charge < -0.3 is 20.5 Å². The zero-order valence-electron chi connectivity index (χ0n) is 9.85. The van der Waals surface area contributed by atoms with Crippen LogP contribution in [0.3, 0.4) is 0 Å². The molecule has 19 heavy (non-hydrogen) atoms. The zero-order valence-corrected chi connectivity index (χ0v) is 10.7. The van der Waals surface area contributed by atoms with E-state index >= 15 is 0 Å². The minimum absolute atomic E-state index is 0.0292. The van der Waals surface area contributed by atoms with Gasteiger partial charge in [-0.2, -0.15) is 4.98 Å². The smallest absolute Gasteiger partial charge is 0.280 e. The lowest BCUT2D eigenvalue weighted by Gasteiger charge is -2.11. The quantitative estimate of drug-likeness (QED) is 0.559. The number of anilines is 1. The summed E-state index contributed by atoms with van der Waals surface area (Å²) in [6, 6.07) is 0. The van der Waals surface area contributed by atoms with Crippen LogP contribution in [0.2, 0.25) is 0 Å². The Morgan fingerprint density at radius 3 is 3.11 bits per heavy atom. The van der Waals surface area contributed by atoms with Crippen LogP contribution in [0.15, 0.2) is 11.1 Å². The molecule has 1 unspecified atom stereocenters. The van der Waals surface area contributed by atoms with E-state index in [2.05, 4.69) is 15.0 Å². The Morgan fingerprint density at radius 2 is 2.42 bits per heavy atom. The summed E-state index contributed by atoms with van der Waals surface area (Å²) in [6.45, 7) is -0.0921. The fraction of sp³-hybridized carbons (Fsp3) is 0.500. The average molecular weight is 283 g/mol. The molecule has 2 aromatic heterocycles. The Labute approximate surface area is 111 Å². The summed E-state index contributed by atoms with van der Waals surface area (Å²) in [5, 5.41) is 18.6. The van der Waals surface area contributed by atoms with Crippen LogP contribution in [-0.2, 0) is 0 Å². The molecule has 1 saturated heterocycles. The second-order valence-electron chi connectivity index (χ2n) is 4.39. The van der Waals surface area contributed by atoms with Crippen molar-refractivity contribution >= 4 is 28.9 Å². The highest BCUT2D eigenvalue weighted by atomic mass is 32.2. The molecule has 3 rings (SSSR count). The first-order valence-electron chi connectivity index (χ1n) is 5.77. The van der Waals surface area contributed by atoms with E-state index in [4.69, 9.17) is 10.8 Å². The standard InChI is InChI=1S/C10H13N5O3S/c11-10-13-8-7(9(18)14-10)12-3-15(8)6-1-4(17)5(2-16)19-6/h3-6,16-17H,1-2H2,(H3,11,13,14,18)/t4?,5-,6+/m1/s1. The predicted molar refractivity (Wildman–Crippen MR) is 70.7 cm³/mol. The van der Waals surface area contributed by atoms with Crippen LogP contribution >= 0.6 is 11.8 Å². The third-order valence-electron chi connectivity index (χ3n) is 3.15. The maximum atomic E-state index is 11.7. The van der Waals surface area contributed by atoms with Gasteiger partial charge in [0.2, 0.25) is 5.95 Å². The highest BCUT2D eigenvalue weighted by Crippen LogP contribution is 2.42. The molecule has 8 nitrogen and oxygen atoms in total. The number of nitrogens with one attached hydrogen (secondary N) is 1. The van der Waals surface area contributed by atoms with E-state index < -0.39 is 6.10 Å². The van der Waals surface area contributed by atoms with Crippen LogP contribution in [0.1, 0.15) is 11.8 Å². The lowest BCUT2D eigenvalue weighted by Crippen LogP contribution is -2.20. The number of fused-ring (bicyclic) bond motifs is 1. The van der Waals surface area contributed by atoms with Crippen molar-refractivity contribution in [3.8, 4) is 0 Å². The van der Waals surface area contributed by atoms with Gasteiger partial charge >= 0.3 is 0 Å². The van der Waals surface area contributed by atoms with Crippen molar-refractivity contribution in [1.29, 1.82) is 0 Å². The molecule has 0 aliphatic carbocycles. The predicted octanol–water partition coefficient (Wildman–Crippen LogP) is -0.941. The number of imidazole rings is 1. The maximum absolute atomic E-state index is 11.7. The molecule has 0 amide bonds. The van der Waals surface area contributed by atoms with Gasteiger partial charge in [0.05, 0.1) is 29.7 Å². The van der Waals surface area contributed by atoms with Crippen LogP contribution in [0.5, 0.6) is 0 Å². The van der Waals surface area contributed by atoms with Crippen molar-refractivity contribution in [3.05, 3.63) is 16.7 Å². The van der Waals surface area contributed by atoms with Gasteiger partial charge in [-0.05, 0) is 0 Å². The number of hydrogen-bond donors (Lipinski definition) is 4. The van der Waals surface area contributed by atoms with Gasteiger partial charge in [0.15, 0.2) is 11.2 Å². The van der Waals surface area contributed by atoms with Gasteiger partial charge in [-0.3, -0.25) is 9.78 Å². The number of aliphatic hydroxyl groups is 2. The van der Waals surface area contributed by atoms with Crippen LogP contribution in [0.25, 0.3) is 11.2 Å². The monoisotopic (exact) mass is 283 g/mol. The maximum Gasteiger partial charge on any atom is 0.280 e. The number of hydrogen-bond acceptors (Lipinski definition) is 7. The van der Waals surface area contributed by atoms with Crippen molar-refractivity contribution in [3.63, 3.8) is 0 Å². The molecule has 1 aliphatic heterocycles. The lowest BCUT2D eigenvalue weighted by atomic mass is 10.2. The third kappa shape index (κ3) is 1.99. The SMILES string of the molecule is Nc1nc2c(ncn2[C@@H]2CC(O)[C@@H](CO)S2)c(=O)[nH]1. The normalized spacial score (nSPS) is 27.2. The van der Waals surface area contributed by atoms with E-state index in [1.54, 1.807) is 4.57 Å². The molecule has 5 N–H and O–H groups in total. The first kappa shape index (κ1) is 12.5. The summed E-state index contributed by atoms with van der Waals surface area (Å²) < 4.78 is 1.71. The second kappa shape index (κ2) is 4.51. The minimum atomic E-state index is -0.586. The summed E-state index contributed by atoms with van der Waals surface area (Å²) in [5.41, 5.74) is 5.75. The number of rotatable bonds is 2. The Hall–Kier alpha value is -1.58. The first-order valence-corrected chi connectivity index (χ1v) is 6.71. The molecule has 102 valence electrons. The summed E-state index contributed by atoms with van der Waals surface area (Å²) in [4.78, 5) is 22.2. The van der Waals surface area contributed by atoms with Gasteiger partial charge in [-0.15, -0.1) is 11.8 Å². The van der Waals surface area contributed by atoms with E-state index in [9.17, 15) is 9.90 Å². The molecule has 1 aliphatic rings. The van der Waals surface area contributed by atoms with Crippen LogP contribution in [0, 0.1) is 0 Å². The van der Waals surface area contributed by atoms with Crippen molar-refractivity contribution in [2.45, 2.75) is 23.1 Å². The van der Waals surface area contributed by atoms with Crippen molar-refractivity contribution < 1.29 is 10.2 Å². The number of aliphatic hydroxyl groups excluding tert-OH is 2. The average Bonchev–Trinajstić information content (AvgIpc) is 2.92. The molecule has 1 fully saturated rings. The van der Waals surface area contributed by atoms with Gasteiger partial charge in [-0.25, -0.2) is 4.98 Å². The van der Waals surface area contributed by atoms with E-state index in [1.807, 2.05) is 0 Å². The molecule has 2 aromatic rings. The number of thioether (sulfide) groups is 1. The van der Waals surface area contributed by atoms with Crippen LogP contribution in [-0.4, -0.2) is 47.7 Å². The number of nitrogens with zero attached hydrogens (tertiary/aromatic N) is 3.